The maximum Gasteiger partial charge on any atom is 0.573 e. The van der Waals surface area contributed by atoms with Crippen molar-refractivity contribution in [3.63, 3.8) is 0 Å². The van der Waals surface area contributed by atoms with Crippen molar-refractivity contribution in [2.45, 2.75) is 12.9 Å². The molecule has 1 aromatic carbocycles. The largest absolute Gasteiger partial charge is 0.573 e. The molecule has 0 saturated carbocycles. The third-order valence-electron chi connectivity index (χ3n) is 2.33. The molecule has 7 heteroatoms. The van der Waals surface area contributed by atoms with E-state index in [9.17, 15) is 13.2 Å². The molecule has 20 heavy (non-hydrogen) atoms. The van der Waals surface area contributed by atoms with E-state index >= 15 is 0 Å². The number of anilines is 1. The third kappa shape index (κ3) is 4.17. The second kappa shape index (κ2) is 5.84. The second-order valence-corrected chi connectivity index (χ2v) is 4.97. The Kier molecular flexibility index (Phi) is 4.15. The van der Waals surface area contributed by atoms with Gasteiger partial charge in [0.15, 0.2) is 0 Å². The van der Waals surface area contributed by atoms with Crippen LogP contribution in [0.2, 0.25) is 0 Å². The number of halogens is 3. The SMILES string of the molecule is N#Cc1ccc(CNc2ccc(OC(F)(F)F)cc2)s1. The van der Waals surface area contributed by atoms with Crippen LogP contribution < -0.4 is 10.1 Å². The van der Waals surface area contributed by atoms with Crippen LogP contribution in [0.25, 0.3) is 0 Å². The van der Waals surface area contributed by atoms with Crippen LogP contribution in [0, 0.1) is 11.3 Å². The van der Waals surface area contributed by atoms with Gasteiger partial charge in [0.05, 0.1) is 0 Å². The number of nitrogens with one attached hydrogen (secondary N) is 1. The molecule has 0 unspecified atom stereocenters. The summed E-state index contributed by atoms with van der Waals surface area (Å²) in [4.78, 5) is 1.59. The van der Waals surface area contributed by atoms with Crippen molar-refractivity contribution in [3.05, 3.63) is 46.2 Å². The molecule has 0 saturated heterocycles. The summed E-state index contributed by atoms with van der Waals surface area (Å²) in [6.07, 6.45) is -4.68. The number of hydrogen-bond acceptors (Lipinski definition) is 4. The van der Waals surface area contributed by atoms with E-state index < -0.39 is 6.36 Å². The summed E-state index contributed by atoms with van der Waals surface area (Å²) in [7, 11) is 0. The van der Waals surface area contributed by atoms with Gasteiger partial charge in [-0.15, -0.1) is 24.5 Å². The van der Waals surface area contributed by atoms with Gasteiger partial charge in [-0.25, -0.2) is 0 Å². The van der Waals surface area contributed by atoms with Crippen molar-refractivity contribution in [1.29, 1.82) is 5.26 Å². The molecular formula is C13H9F3N2OS. The zero-order valence-corrected chi connectivity index (χ0v) is 10.9. The lowest BCUT2D eigenvalue weighted by molar-refractivity contribution is -0.274. The number of nitrogens with zero attached hydrogens (tertiary/aromatic N) is 1. The smallest absolute Gasteiger partial charge is 0.406 e. The van der Waals surface area contributed by atoms with Gasteiger partial charge in [0, 0.05) is 17.1 Å². The molecule has 104 valence electrons. The Morgan fingerprint density at radius 3 is 2.40 bits per heavy atom. The standard InChI is InChI=1S/C13H9F3N2OS/c14-13(15,16)19-10-3-1-9(2-4-10)18-8-12-6-5-11(7-17)20-12/h1-6,18H,8H2. The zero-order valence-electron chi connectivity index (χ0n) is 10.1. The molecular weight excluding hydrogens is 289 g/mol. The van der Waals surface area contributed by atoms with E-state index in [0.717, 1.165) is 4.88 Å². The van der Waals surface area contributed by atoms with Gasteiger partial charge in [0.2, 0.25) is 0 Å². The van der Waals surface area contributed by atoms with Gasteiger partial charge < -0.3 is 10.1 Å². The van der Waals surface area contributed by atoms with Gasteiger partial charge in [-0.1, -0.05) is 0 Å². The summed E-state index contributed by atoms with van der Waals surface area (Å²) in [6, 6.07) is 11.1. The van der Waals surface area contributed by atoms with E-state index in [2.05, 4.69) is 10.1 Å². The molecule has 2 rings (SSSR count). The molecule has 0 aliphatic heterocycles. The fourth-order valence-corrected chi connectivity index (χ4v) is 2.24. The number of benzene rings is 1. The maximum absolute atomic E-state index is 12.0. The predicted octanol–water partition coefficient (Wildman–Crippen LogP) is 4.13. The average Bonchev–Trinajstić information content (AvgIpc) is 2.84. The Hall–Kier alpha value is -2.20. The van der Waals surface area contributed by atoms with Crippen molar-refractivity contribution in [2.24, 2.45) is 0 Å². The molecule has 1 heterocycles. The van der Waals surface area contributed by atoms with E-state index in [1.807, 2.05) is 12.1 Å². The van der Waals surface area contributed by atoms with Crippen LogP contribution in [0.1, 0.15) is 9.75 Å². The van der Waals surface area contributed by atoms with Gasteiger partial charge in [-0.3, -0.25) is 0 Å². The average molecular weight is 298 g/mol. The van der Waals surface area contributed by atoms with Crippen LogP contribution >= 0.6 is 11.3 Å². The van der Waals surface area contributed by atoms with Gasteiger partial charge in [0.25, 0.3) is 0 Å². The van der Waals surface area contributed by atoms with E-state index in [1.165, 1.54) is 35.6 Å². The summed E-state index contributed by atoms with van der Waals surface area (Å²) in [6.45, 7) is 0.506. The van der Waals surface area contributed by atoms with Crippen molar-refractivity contribution in [1.82, 2.24) is 0 Å². The zero-order chi connectivity index (χ0) is 14.6. The minimum Gasteiger partial charge on any atom is -0.406 e. The summed E-state index contributed by atoms with van der Waals surface area (Å²) >= 11 is 1.37. The normalized spacial score (nSPS) is 10.9. The summed E-state index contributed by atoms with van der Waals surface area (Å²) in [5, 5.41) is 11.7. The quantitative estimate of drug-likeness (QED) is 0.923. The highest BCUT2D eigenvalue weighted by molar-refractivity contribution is 7.12. The second-order valence-electron chi connectivity index (χ2n) is 3.80. The van der Waals surface area contributed by atoms with Crippen LogP contribution in [-0.2, 0) is 6.54 Å². The minimum atomic E-state index is -4.68. The lowest BCUT2D eigenvalue weighted by atomic mass is 10.3. The number of alkyl halides is 3. The van der Waals surface area contributed by atoms with Crippen LogP contribution in [0.5, 0.6) is 5.75 Å². The first kappa shape index (κ1) is 14.2. The molecule has 2 aromatic rings. The van der Waals surface area contributed by atoms with Crippen LogP contribution in [0.4, 0.5) is 18.9 Å². The molecule has 0 bridgehead atoms. The van der Waals surface area contributed by atoms with Crippen LogP contribution in [0.15, 0.2) is 36.4 Å². The first-order valence-corrected chi connectivity index (χ1v) is 6.36. The van der Waals surface area contributed by atoms with E-state index in [0.29, 0.717) is 17.1 Å². The highest BCUT2D eigenvalue weighted by Gasteiger charge is 2.30. The molecule has 0 amide bonds. The Bertz CT molecular complexity index is 614. The van der Waals surface area contributed by atoms with Gasteiger partial charge >= 0.3 is 6.36 Å². The lowest BCUT2D eigenvalue weighted by Crippen LogP contribution is -2.17. The van der Waals surface area contributed by atoms with Gasteiger partial charge in [-0.05, 0) is 36.4 Å². The van der Waals surface area contributed by atoms with Crippen molar-refractivity contribution < 1.29 is 17.9 Å². The minimum absolute atomic E-state index is 0.258. The Morgan fingerprint density at radius 1 is 1.15 bits per heavy atom. The molecule has 0 spiro atoms. The van der Waals surface area contributed by atoms with Crippen molar-refractivity contribution in [3.8, 4) is 11.8 Å². The monoisotopic (exact) mass is 298 g/mol. The number of ether oxygens (including phenoxy) is 1. The highest BCUT2D eigenvalue weighted by atomic mass is 32.1. The molecule has 1 N–H and O–H groups in total. The molecule has 1 aromatic heterocycles. The predicted molar refractivity (Wildman–Crippen MR) is 69.5 cm³/mol. The number of hydrogen-bond donors (Lipinski definition) is 1. The Balaban J connectivity index is 1.92. The topological polar surface area (TPSA) is 45.0 Å². The first-order chi connectivity index (χ1) is 9.46. The number of thiophene rings is 1. The van der Waals surface area contributed by atoms with Crippen LogP contribution in [-0.4, -0.2) is 6.36 Å². The molecule has 0 aliphatic carbocycles. The van der Waals surface area contributed by atoms with Crippen molar-refractivity contribution >= 4 is 17.0 Å². The van der Waals surface area contributed by atoms with E-state index in [1.54, 1.807) is 6.07 Å². The summed E-state index contributed by atoms with van der Waals surface area (Å²) in [5.41, 5.74) is 0.673. The van der Waals surface area contributed by atoms with Gasteiger partial charge in [-0.2, -0.15) is 5.26 Å². The molecule has 0 fully saturated rings. The van der Waals surface area contributed by atoms with Crippen molar-refractivity contribution in [2.75, 3.05) is 5.32 Å². The first-order valence-electron chi connectivity index (χ1n) is 5.55. The Labute approximate surface area is 117 Å². The number of rotatable bonds is 4. The maximum atomic E-state index is 12.0. The molecule has 0 radical (unpaired) electrons. The highest BCUT2D eigenvalue weighted by Crippen LogP contribution is 2.24. The molecule has 0 aliphatic rings. The summed E-state index contributed by atoms with van der Waals surface area (Å²) < 4.78 is 39.7. The Morgan fingerprint density at radius 2 is 1.85 bits per heavy atom. The van der Waals surface area contributed by atoms with E-state index in [-0.39, 0.29) is 5.75 Å². The summed E-state index contributed by atoms with van der Waals surface area (Å²) in [5.74, 6) is -0.258. The fourth-order valence-electron chi connectivity index (χ4n) is 1.50. The lowest BCUT2D eigenvalue weighted by Gasteiger charge is -2.10. The molecule has 0 atom stereocenters. The fraction of sp³-hybridized carbons (Fsp3) is 0.154. The van der Waals surface area contributed by atoms with Crippen LogP contribution in [0.3, 0.4) is 0 Å². The molecule has 3 nitrogen and oxygen atoms in total. The third-order valence-corrected chi connectivity index (χ3v) is 3.32. The number of nitriles is 1. The van der Waals surface area contributed by atoms with Gasteiger partial charge in [0.1, 0.15) is 16.7 Å². The van der Waals surface area contributed by atoms with E-state index in [4.69, 9.17) is 5.26 Å².